The van der Waals surface area contributed by atoms with E-state index >= 15 is 0 Å². The molecule has 2 aliphatic carbocycles. The SMILES string of the molecule is C/C=C(\C=N\N(C)C)S(=O)C[C@]12CC[C@H](C[C@H]1O)C2(C)C. The second-order valence-corrected chi connectivity index (χ2v) is 8.59. The molecule has 2 aliphatic rings. The van der Waals surface area contributed by atoms with Gasteiger partial charge in [-0.15, -0.1) is 0 Å². The van der Waals surface area contributed by atoms with E-state index in [1.54, 1.807) is 11.2 Å². The number of aliphatic hydroxyl groups is 1. The number of rotatable bonds is 5. The van der Waals surface area contributed by atoms with Crippen LogP contribution in [0.5, 0.6) is 0 Å². The molecule has 1 N–H and O–H groups in total. The fourth-order valence-electron chi connectivity index (χ4n) is 4.13. The van der Waals surface area contributed by atoms with Crippen LogP contribution in [0.25, 0.3) is 0 Å². The van der Waals surface area contributed by atoms with Crippen molar-refractivity contribution in [3.05, 3.63) is 11.0 Å². The zero-order valence-corrected chi connectivity index (χ0v) is 14.6. The highest BCUT2D eigenvalue weighted by Gasteiger charge is 2.64. The molecule has 5 heteroatoms. The highest BCUT2D eigenvalue weighted by Crippen LogP contribution is 2.66. The first-order valence-corrected chi connectivity index (χ1v) is 9.00. The molecule has 0 aromatic rings. The summed E-state index contributed by atoms with van der Waals surface area (Å²) in [4.78, 5) is 0.747. The lowest BCUT2D eigenvalue weighted by atomic mass is 9.70. The summed E-state index contributed by atoms with van der Waals surface area (Å²) in [5, 5.41) is 16.4. The van der Waals surface area contributed by atoms with E-state index in [9.17, 15) is 9.32 Å². The molecule has 0 aromatic heterocycles. The molecule has 0 aliphatic heterocycles. The Kier molecular flexibility index (Phi) is 4.64. The number of aliphatic hydroxyl groups excluding tert-OH is 1. The molecule has 2 bridgehead atoms. The van der Waals surface area contributed by atoms with Gasteiger partial charge in [-0.05, 0) is 37.5 Å². The van der Waals surface area contributed by atoms with Gasteiger partial charge in [-0.25, -0.2) is 0 Å². The van der Waals surface area contributed by atoms with Crippen molar-refractivity contribution < 1.29 is 9.32 Å². The summed E-state index contributed by atoms with van der Waals surface area (Å²) < 4.78 is 12.8. The summed E-state index contributed by atoms with van der Waals surface area (Å²) in [7, 11) is 2.57. The number of fused-ring (bicyclic) bond motifs is 2. The smallest absolute Gasteiger partial charge is 0.0628 e. The predicted octanol–water partition coefficient (Wildman–Crippen LogP) is 2.37. The molecule has 0 amide bonds. The lowest BCUT2D eigenvalue weighted by Gasteiger charge is -2.40. The van der Waals surface area contributed by atoms with Gasteiger partial charge in [0, 0.05) is 25.3 Å². The first-order valence-electron chi connectivity index (χ1n) is 7.68. The first-order chi connectivity index (χ1) is 9.74. The Morgan fingerprint density at radius 3 is 2.57 bits per heavy atom. The minimum absolute atomic E-state index is 0.0691. The highest BCUT2D eigenvalue weighted by molar-refractivity contribution is 7.89. The van der Waals surface area contributed by atoms with Crippen molar-refractivity contribution in [3.8, 4) is 0 Å². The van der Waals surface area contributed by atoms with Gasteiger partial charge in [0.05, 0.1) is 28.0 Å². The zero-order chi connectivity index (χ0) is 15.8. The van der Waals surface area contributed by atoms with Crippen LogP contribution in [0.2, 0.25) is 0 Å². The van der Waals surface area contributed by atoms with Crippen LogP contribution in [-0.2, 0) is 10.8 Å². The summed E-state index contributed by atoms with van der Waals surface area (Å²) in [6, 6.07) is 0. The van der Waals surface area contributed by atoms with Crippen LogP contribution in [-0.4, -0.2) is 46.5 Å². The van der Waals surface area contributed by atoms with E-state index in [0.29, 0.717) is 11.7 Å². The van der Waals surface area contributed by atoms with Gasteiger partial charge in [-0.2, -0.15) is 5.10 Å². The number of hydrogen-bond donors (Lipinski definition) is 1. The monoisotopic (exact) mass is 312 g/mol. The van der Waals surface area contributed by atoms with Crippen LogP contribution in [0.3, 0.4) is 0 Å². The Labute approximate surface area is 130 Å². The van der Waals surface area contributed by atoms with Gasteiger partial charge in [0.15, 0.2) is 0 Å². The predicted molar refractivity (Wildman–Crippen MR) is 88.5 cm³/mol. The zero-order valence-electron chi connectivity index (χ0n) is 13.8. The van der Waals surface area contributed by atoms with Crippen LogP contribution in [0.4, 0.5) is 0 Å². The summed E-state index contributed by atoms with van der Waals surface area (Å²) in [6.07, 6.45) is 6.21. The van der Waals surface area contributed by atoms with Crippen molar-refractivity contribution in [3.63, 3.8) is 0 Å². The summed E-state index contributed by atoms with van der Waals surface area (Å²) in [5.74, 6) is 1.10. The Balaban J connectivity index is 2.19. The third-order valence-corrected chi connectivity index (χ3v) is 7.38. The maximum absolute atomic E-state index is 12.8. The second kappa shape index (κ2) is 5.84. The van der Waals surface area contributed by atoms with Crippen molar-refractivity contribution in [1.29, 1.82) is 0 Å². The van der Waals surface area contributed by atoms with E-state index < -0.39 is 10.8 Å². The molecule has 0 aromatic carbocycles. The van der Waals surface area contributed by atoms with E-state index in [-0.39, 0.29) is 16.9 Å². The largest absolute Gasteiger partial charge is 0.392 e. The summed E-state index contributed by atoms with van der Waals surface area (Å²) in [5.41, 5.74) is -0.137. The van der Waals surface area contributed by atoms with E-state index in [1.807, 2.05) is 27.1 Å². The van der Waals surface area contributed by atoms with E-state index in [0.717, 1.165) is 24.2 Å². The van der Waals surface area contributed by atoms with Crippen molar-refractivity contribution in [2.24, 2.45) is 21.8 Å². The standard InChI is InChI=1S/C16H28N2O2S/c1-6-13(10-17-18(4)5)21(20)11-16-8-7-12(9-14(16)19)15(16,2)3/h6,10,12,14,19H,7-9,11H2,1-5H3/b13-6+,17-10+/t12-,14-,16-,21?/m1/s1. The van der Waals surface area contributed by atoms with Crippen LogP contribution in [0.1, 0.15) is 40.0 Å². The molecule has 4 nitrogen and oxygen atoms in total. The molecule has 2 saturated carbocycles. The van der Waals surface area contributed by atoms with Gasteiger partial charge in [0.1, 0.15) is 0 Å². The molecule has 2 fully saturated rings. The topological polar surface area (TPSA) is 52.9 Å². The molecular weight excluding hydrogens is 284 g/mol. The van der Waals surface area contributed by atoms with Gasteiger partial charge < -0.3 is 10.1 Å². The van der Waals surface area contributed by atoms with Crippen LogP contribution in [0, 0.1) is 16.7 Å². The Bertz CT molecular complexity index is 485. The highest BCUT2D eigenvalue weighted by atomic mass is 32.2. The van der Waals surface area contributed by atoms with Gasteiger partial charge in [-0.3, -0.25) is 4.21 Å². The minimum Gasteiger partial charge on any atom is -0.392 e. The number of nitrogens with zero attached hydrogens (tertiary/aromatic N) is 2. The third-order valence-electron chi connectivity index (χ3n) is 5.74. The summed E-state index contributed by atoms with van der Waals surface area (Å²) in [6.45, 7) is 6.36. The van der Waals surface area contributed by atoms with E-state index in [2.05, 4.69) is 18.9 Å². The van der Waals surface area contributed by atoms with Crippen LogP contribution < -0.4 is 0 Å². The van der Waals surface area contributed by atoms with E-state index in [1.165, 1.54) is 0 Å². The van der Waals surface area contributed by atoms with Crippen LogP contribution in [0.15, 0.2) is 16.1 Å². The first kappa shape index (κ1) is 16.7. The van der Waals surface area contributed by atoms with E-state index in [4.69, 9.17) is 0 Å². The molecular formula is C16H28N2O2S. The average Bonchev–Trinajstić information content (AvgIpc) is 2.73. The quantitative estimate of drug-likeness (QED) is 0.626. The molecule has 2 rings (SSSR count). The fraction of sp³-hybridized carbons (Fsp3) is 0.812. The molecule has 120 valence electrons. The number of hydrogen-bond acceptors (Lipinski definition) is 4. The van der Waals surface area contributed by atoms with Crippen molar-refractivity contribution >= 4 is 17.0 Å². The van der Waals surface area contributed by atoms with Gasteiger partial charge in [0.25, 0.3) is 0 Å². The third kappa shape index (κ3) is 2.70. The molecule has 4 atom stereocenters. The Morgan fingerprint density at radius 2 is 2.14 bits per heavy atom. The van der Waals surface area contributed by atoms with Crippen molar-refractivity contribution in [2.75, 3.05) is 19.8 Å². The Hall–Kier alpha value is -0.680. The molecule has 0 radical (unpaired) electrons. The number of allylic oxidation sites excluding steroid dienone is 2. The fourth-order valence-corrected chi connectivity index (χ4v) is 5.90. The lowest BCUT2D eigenvalue weighted by molar-refractivity contribution is 0.0162. The average molecular weight is 312 g/mol. The molecule has 0 heterocycles. The van der Waals surface area contributed by atoms with Gasteiger partial charge in [-0.1, -0.05) is 19.9 Å². The molecule has 0 spiro atoms. The van der Waals surface area contributed by atoms with Crippen molar-refractivity contribution in [2.45, 2.75) is 46.1 Å². The second-order valence-electron chi connectivity index (χ2n) is 7.14. The van der Waals surface area contributed by atoms with Gasteiger partial charge >= 0.3 is 0 Å². The molecule has 1 unspecified atom stereocenters. The minimum atomic E-state index is -1.12. The Morgan fingerprint density at radius 1 is 1.48 bits per heavy atom. The van der Waals surface area contributed by atoms with Crippen molar-refractivity contribution in [1.82, 2.24) is 5.01 Å². The molecule has 0 saturated heterocycles. The van der Waals surface area contributed by atoms with Gasteiger partial charge in [0.2, 0.25) is 0 Å². The lowest BCUT2D eigenvalue weighted by Crippen LogP contribution is -2.43. The summed E-state index contributed by atoms with van der Waals surface area (Å²) >= 11 is 0. The molecule has 21 heavy (non-hydrogen) atoms. The van der Waals surface area contributed by atoms with Crippen LogP contribution >= 0.6 is 0 Å². The number of hydrazone groups is 1. The normalized spacial score (nSPS) is 36.4. The maximum atomic E-state index is 12.8. The maximum Gasteiger partial charge on any atom is 0.0628 e.